The van der Waals surface area contributed by atoms with Crippen molar-refractivity contribution in [3.05, 3.63) is 18.2 Å². The number of aliphatic carboxylic acids is 2. The van der Waals surface area contributed by atoms with E-state index in [1.165, 1.54) is 26.4 Å². The van der Waals surface area contributed by atoms with E-state index in [9.17, 15) is 116 Å². The summed E-state index contributed by atoms with van der Waals surface area (Å²) in [5, 5.41) is 71.1. The van der Waals surface area contributed by atoms with Gasteiger partial charge in [-0.2, -0.15) is 0 Å². The number of carbonyl (C=O) groups excluding carboxylic acids is 18. The van der Waals surface area contributed by atoms with Crippen LogP contribution in [0.2, 0.25) is 0 Å². The summed E-state index contributed by atoms with van der Waals surface area (Å²) in [6.45, 7) is 0.628. The van der Waals surface area contributed by atoms with Gasteiger partial charge in [-0.3, -0.25) is 95.9 Å². The van der Waals surface area contributed by atoms with Crippen LogP contribution in [-0.2, 0) is 102 Å². The van der Waals surface area contributed by atoms with Crippen LogP contribution >= 0.6 is 43.2 Å². The Balaban J connectivity index is 1.65. The summed E-state index contributed by atoms with van der Waals surface area (Å²) in [6, 6.07) is -27.4. The zero-order valence-electron chi connectivity index (χ0n) is 59.6. The van der Waals surface area contributed by atoms with Gasteiger partial charge in [0.1, 0.15) is 90.6 Å². The molecule has 0 spiro atoms. The molecule has 1 aromatic rings. The van der Waals surface area contributed by atoms with Crippen molar-refractivity contribution < 1.29 is 116 Å². The molecule has 4 fully saturated rings. The lowest BCUT2D eigenvalue weighted by molar-refractivity contribution is -0.145. The number of primary amides is 3. The number of imidazole rings is 1. The van der Waals surface area contributed by atoms with E-state index in [1.54, 1.807) is 6.92 Å². The summed E-state index contributed by atoms with van der Waals surface area (Å²) in [5.41, 5.74) is 22.6. The van der Waals surface area contributed by atoms with Crippen LogP contribution in [0, 0.1) is 5.92 Å². The van der Waals surface area contributed by atoms with Gasteiger partial charge in [-0.05, 0) is 38.5 Å². The molecule has 0 saturated carbocycles. The number of hydrogen-bond acceptors (Lipinski definition) is 28. The maximum absolute atomic E-state index is 14.7. The van der Waals surface area contributed by atoms with Crippen molar-refractivity contribution in [2.45, 2.75) is 176 Å². The van der Waals surface area contributed by atoms with E-state index in [1.807, 2.05) is 10.6 Å². The quantitative estimate of drug-likeness (QED) is 0.0644. The first kappa shape index (κ1) is 90.5. The predicted octanol–water partition coefficient (Wildman–Crippen LogP) is -11.8. The van der Waals surface area contributed by atoms with Gasteiger partial charge in [0.2, 0.25) is 106 Å². The highest BCUT2D eigenvalue weighted by Gasteiger charge is 2.44. The number of hydrogen-bond donors (Lipinski definition) is 22. The molecule has 16 atom stereocenters. The van der Waals surface area contributed by atoms with E-state index in [0.29, 0.717) is 10.8 Å². The molecule has 45 nitrogen and oxygen atoms in total. The summed E-state index contributed by atoms with van der Waals surface area (Å²) in [4.78, 5) is 285. The molecular formula is C61H91N21O24S4. The Hall–Kier alpha value is -10.1. The Morgan fingerprint density at radius 2 is 0.945 bits per heavy atom. The van der Waals surface area contributed by atoms with Crippen LogP contribution in [0.5, 0.6) is 0 Å². The number of aliphatic hydroxyl groups is 2. The average Bonchev–Trinajstić information content (AvgIpc) is 1.60. The minimum absolute atomic E-state index is 0.00116. The third-order valence-electron chi connectivity index (χ3n) is 17.4. The Bertz CT molecular complexity index is 3610. The third kappa shape index (κ3) is 27.5. The summed E-state index contributed by atoms with van der Waals surface area (Å²) < 4.78 is 0. The molecule has 26 N–H and O–H groups in total. The van der Waals surface area contributed by atoms with Gasteiger partial charge in [0.15, 0.2) is 0 Å². The zero-order valence-corrected chi connectivity index (χ0v) is 62.8. The number of H-pyrrole nitrogens is 1. The van der Waals surface area contributed by atoms with Crippen molar-refractivity contribution in [1.82, 2.24) is 88.9 Å². The summed E-state index contributed by atoms with van der Waals surface area (Å²) >= 11 is 0. The highest BCUT2D eigenvalue weighted by atomic mass is 33.1. The van der Waals surface area contributed by atoms with Crippen molar-refractivity contribution in [3.8, 4) is 0 Å². The van der Waals surface area contributed by atoms with Crippen molar-refractivity contribution >= 4 is 161 Å². The van der Waals surface area contributed by atoms with Gasteiger partial charge in [0.05, 0.1) is 51.8 Å². The molecule has 608 valence electrons. The molecule has 4 aliphatic heterocycles. The van der Waals surface area contributed by atoms with Gasteiger partial charge in [-0.25, -0.2) is 4.98 Å². The molecule has 5 heterocycles. The standard InChI is InChI=1S/C61H91N21O24S4/c1-4-25(2)46-59(104)77-35(47(65)92)20-107-109-23-38-56(101)76-34(19-84)53(98)73-31(11-27-17-66-24-67-27)60(105)81-9-5-7-39(81)57(102)68-26(3)48(93)78-37(22-110-108-21-36(54(99)79-38)69-43(87)16-62)55(100)75-33(18-83)52(97)71-29(14-44(88)89)50(95)70-28(12-41(63)85)49(94)74-32(13-42(64)86)61(106)82-10-6-8-40(82)58(103)72-30(15-45(90)91)51(96)80-46/h17,24-26,28-40,46,83-84H,4-16,18-23,62H2,1-3H3,(H2,63,85)(H2,64,86)(H2,65,92)(H,66,67)(H,68,102)(H,69,87)(H,70,95)(H,71,97)(H,72,103)(H,73,98)(H,74,94)(H,75,100)(H,76,101)(H,77,104)(H,78,93)(H,79,99)(H,80,96)(H,88,89)(H,90,91)/t25-,26-,28-,29-,30-,31-,32-,33-,34-,35-,36-,37-,38-,39-,40-,46-/m0/s1. The fourth-order valence-electron chi connectivity index (χ4n) is 11.3. The van der Waals surface area contributed by atoms with E-state index in [0.717, 1.165) is 42.2 Å². The first-order chi connectivity index (χ1) is 52.0. The fraction of sp³-hybridized carbons (Fsp3) is 0.623. The molecule has 0 unspecified atom stereocenters. The van der Waals surface area contributed by atoms with Crippen LogP contribution < -0.4 is 92.1 Å². The number of nitrogens with zero attached hydrogens (tertiary/aromatic N) is 3. The number of fused-ring (bicyclic) bond motifs is 10. The molecule has 0 aliphatic carbocycles. The second kappa shape index (κ2) is 43.9. The van der Waals surface area contributed by atoms with Gasteiger partial charge in [0.25, 0.3) is 0 Å². The molecule has 18 amide bonds. The van der Waals surface area contributed by atoms with E-state index < -0.39 is 283 Å². The maximum atomic E-state index is 14.7. The average molecular weight is 1630 g/mol. The van der Waals surface area contributed by atoms with Crippen LogP contribution in [0.4, 0.5) is 0 Å². The number of aromatic amines is 1. The van der Waals surface area contributed by atoms with Crippen LogP contribution in [0.3, 0.4) is 0 Å². The molecule has 0 radical (unpaired) electrons. The predicted molar refractivity (Wildman–Crippen MR) is 386 cm³/mol. The summed E-state index contributed by atoms with van der Waals surface area (Å²) in [6.07, 6.45) is -2.32. The first-order valence-corrected chi connectivity index (χ1v) is 39.2. The molecular weight excluding hydrogens is 1540 g/mol. The summed E-state index contributed by atoms with van der Waals surface area (Å²) in [7, 11) is 2.93. The number of carboxylic acids is 2. The fourth-order valence-corrected chi connectivity index (χ4v) is 16.0. The number of amides is 18. The van der Waals surface area contributed by atoms with Crippen LogP contribution in [0.1, 0.15) is 84.3 Å². The SMILES string of the molecule is CC[C@H](C)[C@@H]1NC(=O)[C@H](CC(=O)O)NC(=O)[C@@H]2CCCN2C(=O)[C@H](CC(N)=O)NC(=O)[C@H](CC(N)=O)NC(=O)[C@H](CC(=O)O)NC(=O)[C@H](CO)NC(=O)[C@@H]2CSSC[C@H](NC(=O)CN)C(=O)N[C@@H](CSSC[C@@H](C(N)=O)NC1=O)C(=O)N[C@@H](CO)C(=O)N[C@@H](Cc1cnc[nH]1)C(=O)N1CCC[C@H]1C(=O)N[C@@H](C)C(=O)N2. The smallest absolute Gasteiger partial charge is 0.305 e. The molecule has 0 aromatic carbocycles. The lowest BCUT2D eigenvalue weighted by atomic mass is 9.97. The lowest BCUT2D eigenvalue weighted by Gasteiger charge is -2.31. The van der Waals surface area contributed by atoms with E-state index in [-0.39, 0.29) is 57.3 Å². The monoisotopic (exact) mass is 1630 g/mol. The molecule has 1 aromatic heterocycles. The first-order valence-electron chi connectivity index (χ1n) is 34.2. The normalized spacial score (nSPS) is 28.4. The number of rotatable bonds is 17. The number of nitrogens with one attached hydrogen (secondary N) is 14. The summed E-state index contributed by atoms with van der Waals surface area (Å²) in [5.74, 6) is -28.2. The third-order valence-corrected chi connectivity index (χ3v) is 22.2. The van der Waals surface area contributed by atoms with Crippen molar-refractivity contribution in [1.29, 1.82) is 0 Å². The number of aromatic nitrogens is 2. The molecule has 4 aliphatic rings. The molecule has 4 saturated heterocycles. The van der Waals surface area contributed by atoms with Crippen LogP contribution in [0.15, 0.2) is 12.5 Å². The van der Waals surface area contributed by atoms with E-state index in [4.69, 9.17) is 22.9 Å². The highest BCUT2D eigenvalue weighted by Crippen LogP contribution is 2.27. The highest BCUT2D eigenvalue weighted by molar-refractivity contribution is 8.77. The largest absolute Gasteiger partial charge is 0.481 e. The maximum Gasteiger partial charge on any atom is 0.305 e. The number of carboxylic acid groups (broad SMARTS) is 2. The van der Waals surface area contributed by atoms with E-state index in [2.05, 4.69) is 68.5 Å². The van der Waals surface area contributed by atoms with Crippen molar-refractivity contribution in [3.63, 3.8) is 0 Å². The van der Waals surface area contributed by atoms with Crippen LogP contribution in [0.25, 0.3) is 0 Å². The number of aliphatic hydroxyl groups excluding tert-OH is 2. The zero-order chi connectivity index (χ0) is 81.8. The van der Waals surface area contributed by atoms with Crippen LogP contribution in [-0.4, -0.2) is 305 Å². The van der Waals surface area contributed by atoms with Gasteiger partial charge in [0, 0.05) is 54.4 Å². The molecule has 49 heteroatoms. The number of carbonyl (C=O) groups is 20. The van der Waals surface area contributed by atoms with Gasteiger partial charge < -0.3 is 127 Å². The van der Waals surface area contributed by atoms with E-state index >= 15 is 0 Å². The van der Waals surface area contributed by atoms with Crippen molar-refractivity contribution in [2.24, 2.45) is 28.9 Å². The minimum atomic E-state index is -2.29. The Morgan fingerprint density at radius 3 is 1.42 bits per heavy atom. The minimum Gasteiger partial charge on any atom is -0.481 e. The van der Waals surface area contributed by atoms with Crippen molar-refractivity contribution in [2.75, 3.05) is 55.9 Å². The lowest BCUT2D eigenvalue weighted by Crippen LogP contribution is -2.62. The van der Waals surface area contributed by atoms with Gasteiger partial charge in [-0.15, -0.1) is 0 Å². The molecule has 5 rings (SSSR count). The van der Waals surface area contributed by atoms with Gasteiger partial charge >= 0.3 is 11.9 Å². The van der Waals surface area contributed by atoms with Gasteiger partial charge in [-0.1, -0.05) is 63.4 Å². The topological polar surface area (TPSA) is 718 Å². The second-order valence-corrected chi connectivity index (χ2v) is 30.7. The number of nitrogens with two attached hydrogens (primary N) is 4. The second-order valence-electron chi connectivity index (χ2n) is 25.6. The molecule has 110 heavy (non-hydrogen) atoms. The molecule has 2 bridgehead atoms. The Labute approximate surface area is 642 Å². The Kier molecular flexibility index (Phi) is 36.1. The Morgan fingerprint density at radius 1 is 0.518 bits per heavy atom.